The number of fused-ring (bicyclic) bond motifs is 1. The van der Waals surface area contributed by atoms with Crippen molar-refractivity contribution in [1.82, 2.24) is 19.8 Å². The van der Waals surface area contributed by atoms with E-state index in [1.165, 1.54) is 10.4 Å². The summed E-state index contributed by atoms with van der Waals surface area (Å²) < 4.78 is 17.1. The van der Waals surface area contributed by atoms with Crippen LogP contribution in [0.3, 0.4) is 0 Å². The zero-order valence-electron chi connectivity index (χ0n) is 19.7. The van der Waals surface area contributed by atoms with Crippen LogP contribution in [0.25, 0.3) is 10.2 Å². The van der Waals surface area contributed by atoms with E-state index in [0.717, 1.165) is 92.5 Å². The van der Waals surface area contributed by atoms with E-state index in [1.807, 2.05) is 13.0 Å². The molecule has 1 N–H and O–H groups in total. The first-order valence-corrected chi connectivity index (χ1v) is 12.6. The molecule has 2 aliphatic heterocycles. The lowest BCUT2D eigenvalue weighted by molar-refractivity contribution is 0.0143. The second-order valence-corrected chi connectivity index (χ2v) is 10.0. The van der Waals surface area contributed by atoms with Crippen LogP contribution < -0.4 is 5.32 Å². The molecule has 0 spiro atoms. The van der Waals surface area contributed by atoms with Crippen LogP contribution in [-0.4, -0.2) is 78.9 Å². The van der Waals surface area contributed by atoms with E-state index < -0.39 is 0 Å². The highest BCUT2D eigenvalue weighted by atomic mass is 32.1. The molecule has 0 saturated carbocycles. The topological polar surface area (TPSA) is 75.9 Å². The molecule has 1 unspecified atom stereocenters. The molecule has 3 aromatic heterocycles. The Bertz CT molecular complexity index is 1090. The summed E-state index contributed by atoms with van der Waals surface area (Å²) in [6.07, 6.45) is 0. The summed E-state index contributed by atoms with van der Waals surface area (Å²) in [5.74, 6) is 3.71. The molecule has 2 saturated heterocycles. The van der Waals surface area contributed by atoms with Gasteiger partial charge in [-0.3, -0.25) is 9.80 Å². The summed E-state index contributed by atoms with van der Waals surface area (Å²) in [7, 11) is 0. The molecule has 33 heavy (non-hydrogen) atoms. The number of thiophene rings is 1. The first-order valence-electron chi connectivity index (χ1n) is 11.8. The SMILES string of the molecule is Cc1ccc(C(CNc2nc(CN3CCOCC3)nc3sc(C)c(C)c23)N2CCOCC2)o1. The number of rotatable bonds is 7. The minimum Gasteiger partial charge on any atom is -0.465 e. The number of ether oxygens (including phenoxy) is 2. The Labute approximate surface area is 198 Å². The summed E-state index contributed by atoms with van der Waals surface area (Å²) >= 11 is 1.75. The Balaban J connectivity index is 1.43. The highest BCUT2D eigenvalue weighted by Crippen LogP contribution is 2.34. The van der Waals surface area contributed by atoms with Crippen LogP contribution in [0.5, 0.6) is 0 Å². The maximum Gasteiger partial charge on any atom is 0.146 e. The fourth-order valence-electron chi connectivity index (χ4n) is 4.58. The van der Waals surface area contributed by atoms with E-state index in [0.29, 0.717) is 6.54 Å². The highest BCUT2D eigenvalue weighted by Gasteiger charge is 2.26. The van der Waals surface area contributed by atoms with Gasteiger partial charge in [0.25, 0.3) is 0 Å². The zero-order valence-corrected chi connectivity index (χ0v) is 20.5. The molecule has 178 valence electrons. The van der Waals surface area contributed by atoms with E-state index in [9.17, 15) is 0 Å². The molecule has 9 heteroatoms. The van der Waals surface area contributed by atoms with Crippen LogP contribution in [-0.2, 0) is 16.0 Å². The van der Waals surface area contributed by atoms with Crippen molar-refractivity contribution in [2.24, 2.45) is 0 Å². The van der Waals surface area contributed by atoms with Gasteiger partial charge in [-0.05, 0) is 38.5 Å². The Kier molecular flexibility index (Phi) is 6.94. The first kappa shape index (κ1) is 22.7. The van der Waals surface area contributed by atoms with Crippen molar-refractivity contribution in [3.63, 3.8) is 0 Å². The highest BCUT2D eigenvalue weighted by molar-refractivity contribution is 7.18. The number of furan rings is 1. The fraction of sp³-hybridized carbons (Fsp3) is 0.583. The number of hydrogen-bond donors (Lipinski definition) is 1. The predicted octanol–water partition coefficient (Wildman–Crippen LogP) is 3.53. The number of anilines is 1. The molecule has 0 aliphatic carbocycles. The second-order valence-electron chi connectivity index (χ2n) is 8.83. The summed E-state index contributed by atoms with van der Waals surface area (Å²) in [6, 6.07) is 4.25. The molecule has 2 aliphatic rings. The normalized spacial score (nSPS) is 19.2. The van der Waals surface area contributed by atoms with Gasteiger partial charge in [-0.15, -0.1) is 11.3 Å². The van der Waals surface area contributed by atoms with Gasteiger partial charge in [0, 0.05) is 37.6 Å². The van der Waals surface area contributed by atoms with Crippen molar-refractivity contribution in [2.75, 3.05) is 64.5 Å². The number of nitrogens with zero attached hydrogens (tertiary/aromatic N) is 4. The lowest BCUT2D eigenvalue weighted by Crippen LogP contribution is -2.41. The van der Waals surface area contributed by atoms with Crippen molar-refractivity contribution < 1.29 is 13.9 Å². The van der Waals surface area contributed by atoms with Gasteiger partial charge in [0.05, 0.1) is 44.4 Å². The average molecular weight is 472 g/mol. The first-order chi connectivity index (χ1) is 16.1. The average Bonchev–Trinajstić information content (AvgIpc) is 3.38. The van der Waals surface area contributed by atoms with Crippen molar-refractivity contribution in [2.45, 2.75) is 33.4 Å². The van der Waals surface area contributed by atoms with Gasteiger partial charge in [-0.25, -0.2) is 9.97 Å². The molecular formula is C24H33N5O3S. The molecule has 3 aromatic rings. The molecule has 0 amide bonds. The standard InChI is InChI=1S/C24H33N5O3S/c1-16-4-5-20(32-16)19(29-8-12-31-13-9-29)14-25-23-22-17(2)18(3)33-24(22)27-21(26-23)15-28-6-10-30-11-7-28/h4-5,19H,6-15H2,1-3H3,(H,25,26,27). The Morgan fingerprint density at radius 2 is 1.73 bits per heavy atom. The fourth-order valence-corrected chi connectivity index (χ4v) is 5.62. The van der Waals surface area contributed by atoms with Crippen molar-refractivity contribution in [3.8, 4) is 0 Å². The van der Waals surface area contributed by atoms with Gasteiger partial charge >= 0.3 is 0 Å². The van der Waals surface area contributed by atoms with Crippen molar-refractivity contribution in [1.29, 1.82) is 0 Å². The lowest BCUT2D eigenvalue weighted by Gasteiger charge is -2.33. The van der Waals surface area contributed by atoms with Crippen LogP contribution in [0.2, 0.25) is 0 Å². The van der Waals surface area contributed by atoms with Crippen molar-refractivity contribution >= 4 is 27.4 Å². The number of hydrogen-bond acceptors (Lipinski definition) is 9. The third-order valence-electron chi connectivity index (χ3n) is 6.58. The van der Waals surface area contributed by atoms with Crippen LogP contribution >= 0.6 is 11.3 Å². The number of aromatic nitrogens is 2. The predicted molar refractivity (Wildman–Crippen MR) is 130 cm³/mol. The minimum atomic E-state index is 0.121. The van der Waals surface area contributed by atoms with Gasteiger partial charge < -0.3 is 19.2 Å². The van der Waals surface area contributed by atoms with Gasteiger partial charge in [0.15, 0.2) is 0 Å². The third-order valence-corrected chi connectivity index (χ3v) is 7.68. The second kappa shape index (κ2) is 10.1. The molecule has 8 nitrogen and oxygen atoms in total. The van der Waals surface area contributed by atoms with Gasteiger partial charge in [0.1, 0.15) is 28.0 Å². The van der Waals surface area contributed by atoms with E-state index in [4.69, 9.17) is 23.9 Å². The van der Waals surface area contributed by atoms with Crippen LogP contribution in [0, 0.1) is 20.8 Å². The number of nitrogens with one attached hydrogen (secondary N) is 1. The van der Waals surface area contributed by atoms with E-state index in [1.54, 1.807) is 11.3 Å². The summed E-state index contributed by atoms with van der Waals surface area (Å²) in [4.78, 5) is 17.1. The molecule has 0 aromatic carbocycles. The van der Waals surface area contributed by atoms with Crippen molar-refractivity contribution in [3.05, 3.63) is 39.9 Å². The van der Waals surface area contributed by atoms with Crippen LogP contribution in [0.4, 0.5) is 5.82 Å². The Morgan fingerprint density at radius 3 is 2.42 bits per heavy atom. The molecule has 2 fully saturated rings. The quantitative estimate of drug-likeness (QED) is 0.561. The van der Waals surface area contributed by atoms with Crippen LogP contribution in [0.15, 0.2) is 16.5 Å². The molecule has 0 radical (unpaired) electrons. The summed E-state index contributed by atoms with van der Waals surface area (Å²) in [6.45, 7) is 14.5. The summed E-state index contributed by atoms with van der Waals surface area (Å²) in [5, 5.41) is 4.83. The molecule has 1 atom stereocenters. The third kappa shape index (κ3) is 5.07. The lowest BCUT2D eigenvalue weighted by atomic mass is 10.1. The van der Waals surface area contributed by atoms with Gasteiger partial charge in [-0.1, -0.05) is 0 Å². The minimum absolute atomic E-state index is 0.121. The Hall–Kier alpha value is -2.04. The molecule has 5 rings (SSSR count). The van der Waals surface area contributed by atoms with E-state index in [-0.39, 0.29) is 6.04 Å². The zero-order chi connectivity index (χ0) is 22.8. The molecule has 0 bridgehead atoms. The maximum absolute atomic E-state index is 6.06. The van der Waals surface area contributed by atoms with E-state index >= 15 is 0 Å². The number of morpholine rings is 2. The number of aryl methyl sites for hydroxylation is 3. The maximum atomic E-state index is 6.06. The van der Waals surface area contributed by atoms with Gasteiger partial charge in [-0.2, -0.15) is 0 Å². The monoisotopic (exact) mass is 471 g/mol. The van der Waals surface area contributed by atoms with Gasteiger partial charge in [0.2, 0.25) is 0 Å². The van der Waals surface area contributed by atoms with E-state index in [2.05, 4.69) is 35.0 Å². The summed E-state index contributed by atoms with van der Waals surface area (Å²) in [5.41, 5.74) is 1.26. The molecule has 5 heterocycles. The Morgan fingerprint density at radius 1 is 1.00 bits per heavy atom. The largest absolute Gasteiger partial charge is 0.465 e. The molecular weight excluding hydrogens is 438 g/mol. The van der Waals surface area contributed by atoms with Crippen LogP contribution in [0.1, 0.15) is 33.8 Å². The smallest absolute Gasteiger partial charge is 0.146 e.